The number of aryl methyl sites for hydroxylation is 1. The van der Waals surface area contributed by atoms with E-state index in [-0.39, 0.29) is 11.6 Å². The molecule has 1 N–H and O–H groups in total. The monoisotopic (exact) mass is 321 g/mol. The second kappa shape index (κ2) is 5.79. The van der Waals surface area contributed by atoms with E-state index in [2.05, 4.69) is 27.5 Å². The molecule has 21 heavy (non-hydrogen) atoms. The van der Waals surface area contributed by atoms with Gasteiger partial charge < -0.3 is 0 Å². The molecule has 0 radical (unpaired) electrons. The molecule has 0 unspecified atom stereocenters. The van der Waals surface area contributed by atoms with Gasteiger partial charge in [0.15, 0.2) is 5.69 Å². The van der Waals surface area contributed by atoms with Crippen molar-refractivity contribution in [2.24, 2.45) is 0 Å². The highest BCUT2D eigenvalue weighted by Crippen LogP contribution is 2.23. The standard InChI is InChI=1S/C13H12ClN5OS/c1-2-5-9-16-17-13(21-9)15-12(20)11-10(14)8-6-3-4-7-19(8)18-11/h3-4,6-7H,2,5H2,1H3,(H,15,17,20). The number of hydrogen-bond donors (Lipinski definition) is 1. The molecular weight excluding hydrogens is 310 g/mol. The van der Waals surface area contributed by atoms with Crippen molar-refractivity contribution in [3.8, 4) is 0 Å². The summed E-state index contributed by atoms with van der Waals surface area (Å²) in [5.41, 5.74) is 0.864. The molecule has 8 heteroatoms. The molecule has 6 nitrogen and oxygen atoms in total. The van der Waals surface area contributed by atoms with Crippen LogP contribution in [0.3, 0.4) is 0 Å². The van der Waals surface area contributed by atoms with Crippen LogP contribution in [0.4, 0.5) is 5.13 Å². The fraction of sp³-hybridized carbons (Fsp3) is 0.231. The second-order valence-electron chi connectivity index (χ2n) is 4.40. The lowest BCUT2D eigenvalue weighted by Crippen LogP contribution is -2.13. The van der Waals surface area contributed by atoms with Crippen LogP contribution in [0, 0.1) is 0 Å². The van der Waals surface area contributed by atoms with Crippen molar-refractivity contribution in [3.05, 3.63) is 40.1 Å². The Morgan fingerprint density at radius 2 is 2.29 bits per heavy atom. The molecule has 0 fully saturated rings. The number of nitrogens with zero attached hydrogens (tertiary/aromatic N) is 4. The highest BCUT2D eigenvalue weighted by atomic mass is 35.5. The van der Waals surface area contributed by atoms with Crippen LogP contribution < -0.4 is 5.32 Å². The topological polar surface area (TPSA) is 72.2 Å². The molecule has 0 aliphatic heterocycles. The lowest BCUT2D eigenvalue weighted by molar-refractivity contribution is 0.102. The van der Waals surface area contributed by atoms with Crippen molar-refractivity contribution >= 4 is 39.5 Å². The van der Waals surface area contributed by atoms with Gasteiger partial charge in [-0.25, -0.2) is 4.52 Å². The smallest absolute Gasteiger partial charge is 0.279 e. The number of pyridine rings is 1. The van der Waals surface area contributed by atoms with Gasteiger partial charge in [-0.05, 0) is 18.6 Å². The van der Waals surface area contributed by atoms with E-state index in [0.717, 1.165) is 17.8 Å². The van der Waals surface area contributed by atoms with Crippen LogP contribution in [0.5, 0.6) is 0 Å². The number of hydrogen-bond acceptors (Lipinski definition) is 5. The number of fused-ring (bicyclic) bond motifs is 1. The van der Waals surface area contributed by atoms with Gasteiger partial charge in [0.2, 0.25) is 5.13 Å². The maximum atomic E-state index is 12.2. The van der Waals surface area contributed by atoms with Crippen molar-refractivity contribution in [1.82, 2.24) is 19.8 Å². The van der Waals surface area contributed by atoms with Crippen LogP contribution in [0.1, 0.15) is 28.8 Å². The Kier molecular flexibility index (Phi) is 3.85. The zero-order valence-corrected chi connectivity index (χ0v) is 12.8. The van der Waals surface area contributed by atoms with Gasteiger partial charge in [-0.3, -0.25) is 10.1 Å². The van der Waals surface area contributed by atoms with Gasteiger partial charge >= 0.3 is 0 Å². The van der Waals surface area contributed by atoms with Crippen LogP contribution in [0.2, 0.25) is 5.02 Å². The predicted molar refractivity (Wildman–Crippen MR) is 82.1 cm³/mol. The van der Waals surface area contributed by atoms with Gasteiger partial charge in [0.25, 0.3) is 5.91 Å². The van der Waals surface area contributed by atoms with Crippen molar-refractivity contribution in [2.75, 3.05) is 5.32 Å². The van der Waals surface area contributed by atoms with E-state index in [1.165, 1.54) is 11.3 Å². The molecule has 1 amide bonds. The highest BCUT2D eigenvalue weighted by Gasteiger charge is 2.19. The number of nitrogens with one attached hydrogen (secondary N) is 1. The Morgan fingerprint density at radius 3 is 3.05 bits per heavy atom. The molecule has 0 saturated heterocycles. The number of aromatic nitrogens is 4. The van der Waals surface area contributed by atoms with E-state index in [9.17, 15) is 4.79 Å². The summed E-state index contributed by atoms with van der Waals surface area (Å²) in [7, 11) is 0. The molecule has 3 aromatic heterocycles. The van der Waals surface area contributed by atoms with Crippen LogP contribution in [-0.2, 0) is 6.42 Å². The summed E-state index contributed by atoms with van der Waals surface area (Å²) in [6.45, 7) is 2.07. The van der Waals surface area contributed by atoms with Crippen LogP contribution in [0.15, 0.2) is 24.4 Å². The molecule has 0 aliphatic carbocycles. The Hall–Kier alpha value is -1.99. The van der Waals surface area contributed by atoms with Crippen molar-refractivity contribution in [2.45, 2.75) is 19.8 Å². The van der Waals surface area contributed by atoms with Crippen molar-refractivity contribution < 1.29 is 4.79 Å². The maximum Gasteiger partial charge on any atom is 0.279 e. The second-order valence-corrected chi connectivity index (χ2v) is 5.84. The zero-order chi connectivity index (χ0) is 14.8. The largest absolute Gasteiger partial charge is 0.295 e. The normalized spacial score (nSPS) is 11.0. The van der Waals surface area contributed by atoms with E-state index in [1.807, 2.05) is 12.1 Å². The van der Waals surface area contributed by atoms with Gasteiger partial charge in [0, 0.05) is 12.6 Å². The highest BCUT2D eigenvalue weighted by molar-refractivity contribution is 7.15. The number of carbonyl (C=O) groups is 1. The number of carbonyl (C=O) groups excluding carboxylic acids is 1. The summed E-state index contributed by atoms with van der Waals surface area (Å²) in [5.74, 6) is -0.386. The Labute approximate surface area is 129 Å². The number of amides is 1. The van der Waals surface area contributed by atoms with Crippen LogP contribution in [0.25, 0.3) is 5.52 Å². The molecule has 3 heterocycles. The summed E-state index contributed by atoms with van der Waals surface area (Å²) in [5, 5.41) is 16.5. The lowest BCUT2D eigenvalue weighted by atomic mass is 10.3. The minimum atomic E-state index is -0.386. The van der Waals surface area contributed by atoms with Gasteiger partial charge in [-0.15, -0.1) is 10.2 Å². The summed E-state index contributed by atoms with van der Waals surface area (Å²) in [4.78, 5) is 12.2. The molecule has 108 valence electrons. The Morgan fingerprint density at radius 1 is 1.43 bits per heavy atom. The minimum absolute atomic E-state index is 0.176. The summed E-state index contributed by atoms with van der Waals surface area (Å²) < 4.78 is 1.57. The van der Waals surface area contributed by atoms with Gasteiger partial charge in [-0.2, -0.15) is 5.10 Å². The van der Waals surface area contributed by atoms with Crippen LogP contribution in [-0.4, -0.2) is 25.7 Å². The molecular formula is C13H12ClN5OS. The van der Waals surface area contributed by atoms with Gasteiger partial charge in [0.1, 0.15) is 5.01 Å². The fourth-order valence-electron chi connectivity index (χ4n) is 1.89. The first-order chi connectivity index (χ1) is 10.2. The summed E-state index contributed by atoms with van der Waals surface area (Å²) >= 11 is 7.56. The third-order valence-corrected chi connectivity index (χ3v) is 4.12. The third-order valence-electron chi connectivity index (χ3n) is 2.85. The third kappa shape index (κ3) is 2.74. The SMILES string of the molecule is CCCc1nnc(NC(=O)c2nn3ccccc3c2Cl)s1. The van der Waals surface area contributed by atoms with E-state index < -0.39 is 0 Å². The maximum absolute atomic E-state index is 12.2. The number of anilines is 1. The lowest BCUT2D eigenvalue weighted by Gasteiger charge is -1.96. The fourth-order valence-corrected chi connectivity index (χ4v) is 3.00. The Balaban J connectivity index is 1.84. The Bertz CT molecular complexity index is 797. The van der Waals surface area contributed by atoms with E-state index >= 15 is 0 Å². The van der Waals surface area contributed by atoms with E-state index in [1.54, 1.807) is 16.8 Å². The van der Waals surface area contributed by atoms with E-state index in [4.69, 9.17) is 11.6 Å². The first-order valence-corrected chi connectivity index (χ1v) is 7.65. The van der Waals surface area contributed by atoms with Crippen LogP contribution >= 0.6 is 22.9 Å². The van der Waals surface area contributed by atoms with Crippen molar-refractivity contribution in [3.63, 3.8) is 0 Å². The first kappa shape index (κ1) is 14.0. The summed E-state index contributed by atoms with van der Waals surface area (Å²) in [6.07, 6.45) is 3.58. The van der Waals surface area contributed by atoms with Gasteiger partial charge in [0.05, 0.1) is 10.5 Å². The molecule has 0 atom stereocenters. The summed E-state index contributed by atoms with van der Waals surface area (Å²) in [6, 6.07) is 5.46. The van der Waals surface area contributed by atoms with E-state index in [0.29, 0.717) is 15.7 Å². The molecule has 0 saturated carbocycles. The predicted octanol–water partition coefficient (Wildman–Crippen LogP) is 3.04. The molecule has 0 bridgehead atoms. The van der Waals surface area contributed by atoms with Crippen molar-refractivity contribution in [1.29, 1.82) is 0 Å². The number of rotatable bonds is 4. The number of halogens is 1. The average Bonchev–Trinajstić information content (AvgIpc) is 3.05. The minimum Gasteiger partial charge on any atom is -0.295 e. The quantitative estimate of drug-likeness (QED) is 0.801. The molecule has 3 rings (SSSR count). The molecule has 0 spiro atoms. The first-order valence-electron chi connectivity index (χ1n) is 6.45. The molecule has 0 aromatic carbocycles. The zero-order valence-electron chi connectivity index (χ0n) is 11.2. The van der Waals surface area contributed by atoms with Gasteiger partial charge in [-0.1, -0.05) is 35.9 Å². The molecule has 3 aromatic rings. The average molecular weight is 322 g/mol. The molecule has 0 aliphatic rings.